The number of nitrogens with one attached hydrogen (secondary N) is 1. The largest absolute Gasteiger partial charge is 0.478 e. The zero-order valence-electron chi connectivity index (χ0n) is 9.67. The monoisotopic (exact) mass is 250 g/mol. The molecule has 1 atom stereocenters. The molecule has 1 aromatic rings. The minimum absolute atomic E-state index is 0.120. The van der Waals surface area contributed by atoms with Crippen LogP contribution in [0.3, 0.4) is 0 Å². The molecule has 1 fully saturated rings. The zero-order chi connectivity index (χ0) is 13.1. The molecule has 6 nitrogen and oxygen atoms in total. The number of carboxylic acids is 1. The number of aliphatic hydroxyl groups excluding tert-OH is 1. The lowest BCUT2D eigenvalue weighted by atomic mass is 10.2. The first-order chi connectivity index (χ1) is 8.56. The molecule has 2 amide bonds. The van der Waals surface area contributed by atoms with Crippen LogP contribution < -0.4 is 5.32 Å². The molecule has 0 bridgehead atoms. The Hall–Kier alpha value is -2.08. The van der Waals surface area contributed by atoms with E-state index in [1.807, 2.05) is 0 Å². The van der Waals surface area contributed by atoms with Gasteiger partial charge in [0, 0.05) is 18.8 Å². The molecule has 0 aromatic heterocycles. The number of carboxylic acid groups (broad SMARTS) is 1. The second kappa shape index (κ2) is 5.05. The molecule has 1 aliphatic heterocycles. The van der Waals surface area contributed by atoms with Gasteiger partial charge in [-0.05, 0) is 24.6 Å². The highest BCUT2D eigenvalue weighted by molar-refractivity contribution is 5.93. The van der Waals surface area contributed by atoms with E-state index in [2.05, 4.69) is 5.32 Å². The number of likely N-dealkylation sites (tertiary alicyclic amines) is 1. The van der Waals surface area contributed by atoms with Gasteiger partial charge in [0.1, 0.15) is 0 Å². The number of hydrogen-bond acceptors (Lipinski definition) is 3. The Labute approximate surface area is 104 Å². The lowest BCUT2D eigenvalue weighted by Crippen LogP contribution is -2.33. The number of amides is 2. The summed E-state index contributed by atoms with van der Waals surface area (Å²) >= 11 is 0. The van der Waals surface area contributed by atoms with Crippen molar-refractivity contribution in [3.8, 4) is 0 Å². The predicted octanol–water partition coefficient (Wildman–Crippen LogP) is 0.983. The molecule has 96 valence electrons. The molecular formula is C12H14N2O4. The minimum atomic E-state index is -1.04. The van der Waals surface area contributed by atoms with E-state index >= 15 is 0 Å². The lowest BCUT2D eigenvalue weighted by molar-refractivity contribution is 0.0697. The van der Waals surface area contributed by atoms with Crippen molar-refractivity contribution in [2.45, 2.75) is 12.5 Å². The standard InChI is InChI=1S/C12H14N2O4/c15-10-4-5-14(7-10)12(18)13-9-3-1-2-8(6-9)11(16)17/h1-3,6,10,15H,4-5,7H2,(H,13,18)(H,16,17). The Morgan fingerprint density at radius 2 is 2.17 bits per heavy atom. The predicted molar refractivity (Wildman–Crippen MR) is 64.6 cm³/mol. The Morgan fingerprint density at radius 3 is 2.78 bits per heavy atom. The van der Waals surface area contributed by atoms with Crippen LogP contribution in [0.4, 0.5) is 10.5 Å². The molecule has 1 saturated heterocycles. The van der Waals surface area contributed by atoms with E-state index in [0.29, 0.717) is 25.2 Å². The number of anilines is 1. The van der Waals surface area contributed by atoms with Gasteiger partial charge in [-0.2, -0.15) is 0 Å². The first-order valence-electron chi connectivity index (χ1n) is 5.63. The molecule has 0 saturated carbocycles. The van der Waals surface area contributed by atoms with Gasteiger partial charge in [0.05, 0.1) is 11.7 Å². The summed E-state index contributed by atoms with van der Waals surface area (Å²) in [5, 5.41) is 20.8. The van der Waals surface area contributed by atoms with Crippen molar-refractivity contribution >= 4 is 17.7 Å². The molecule has 0 aliphatic carbocycles. The second-order valence-corrected chi connectivity index (χ2v) is 4.20. The fraction of sp³-hybridized carbons (Fsp3) is 0.333. The number of β-amino-alcohol motifs (C(OH)–C–C–N with tert-alkyl or cyclic N) is 1. The Bertz CT molecular complexity index is 475. The normalized spacial score (nSPS) is 18.7. The molecule has 18 heavy (non-hydrogen) atoms. The van der Waals surface area contributed by atoms with Gasteiger partial charge in [-0.25, -0.2) is 9.59 Å². The maximum atomic E-state index is 11.8. The van der Waals surface area contributed by atoms with Crippen LogP contribution in [0.25, 0.3) is 0 Å². The number of rotatable bonds is 2. The first-order valence-corrected chi connectivity index (χ1v) is 5.63. The first kappa shape index (κ1) is 12.4. The van der Waals surface area contributed by atoms with Crippen molar-refractivity contribution < 1.29 is 19.8 Å². The fourth-order valence-electron chi connectivity index (χ4n) is 1.86. The number of benzene rings is 1. The van der Waals surface area contributed by atoms with E-state index in [4.69, 9.17) is 5.11 Å². The molecule has 1 heterocycles. The van der Waals surface area contributed by atoms with E-state index < -0.39 is 12.1 Å². The summed E-state index contributed by atoms with van der Waals surface area (Å²) in [6.45, 7) is 0.816. The second-order valence-electron chi connectivity index (χ2n) is 4.20. The fourth-order valence-corrected chi connectivity index (χ4v) is 1.86. The quantitative estimate of drug-likeness (QED) is 0.730. The van der Waals surface area contributed by atoms with Crippen molar-refractivity contribution in [2.75, 3.05) is 18.4 Å². The van der Waals surface area contributed by atoms with Crippen molar-refractivity contribution in [3.63, 3.8) is 0 Å². The molecule has 1 aliphatic rings. The van der Waals surface area contributed by atoms with Crippen LogP contribution in [-0.4, -0.2) is 46.3 Å². The molecule has 2 rings (SSSR count). The van der Waals surface area contributed by atoms with E-state index in [0.717, 1.165) is 0 Å². The SMILES string of the molecule is O=C(O)c1cccc(NC(=O)N2CCC(O)C2)c1. The van der Waals surface area contributed by atoms with E-state index in [-0.39, 0.29) is 11.6 Å². The van der Waals surface area contributed by atoms with Gasteiger partial charge >= 0.3 is 12.0 Å². The molecule has 6 heteroatoms. The maximum Gasteiger partial charge on any atom is 0.335 e. The molecule has 0 spiro atoms. The third-order valence-corrected chi connectivity index (χ3v) is 2.81. The smallest absolute Gasteiger partial charge is 0.335 e. The summed E-state index contributed by atoms with van der Waals surface area (Å²) in [5.74, 6) is -1.04. The third-order valence-electron chi connectivity index (χ3n) is 2.81. The number of aliphatic hydroxyl groups is 1. The van der Waals surface area contributed by atoms with Crippen LogP contribution >= 0.6 is 0 Å². The highest BCUT2D eigenvalue weighted by Crippen LogP contribution is 2.14. The summed E-state index contributed by atoms with van der Waals surface area (Å²) in [6.07, 6.45) is 0.101. The van der Waals surface area contributed by atoms with Crippen LogP contribution in [-0.2, 0) is 0 Å². The van der Waals surface area contributed by atoms with Gasteiger partial charge in [-0.1, -0.05) is 6.07 Å². The Kier molecular flexibility index (Phi) is 3.47. The third kappa shape index (κ3) is 2.78. The summed E-state index contributed by atoms with van der Waals surface area (Å²) in [6, 6.07) is 5.72. The van der Waals surface area contributed by atoms with Crippen LogP contribution in [0.2, 0.25) is 0 Å². The number of carbonyl (C=O) groups is 2. The molecule has 1 aromatic carbocycles. The molecule has 3 N–H and O–H groups in total. The van der Waals surface area contributed by atoms with Gasteiger partial charge in [-0.3, -0.25) is 0 Å². The Morgan fingerprint density at radius 1 is 1.39 bits per heavy atom. The number of urea groups is 1. The average Bonchev–Trinajstić information content (AvgIpc) is 2.76. The van der Waals surface area contributed by atoms with E-state index in [1.54, 1.807) is 12.1 Å². The van der Waals surface area contributed by atoms with Gasteiger partial charge in [0.25, 0.3) is 0 Å². The summed E-state index contributed by atoms with van der Waals surface area (Å²) in [5.41, 5.74) is 0.551. The summed E-state index contributed by atoms with van der Waals surface area (Å²) in [4.78, 5) is 24.1. The highest BCUT2D eigenvalue weighted by atomic mass is 16.4. The molecular weight excluding hydrogens is 236 g/mol. The number of carbonyl (C=O) groups excluding carboxylic acids is 1. The van der Waals surface area contributed by atoms with Crippen LogP contribution in [0, 0.1) is 0 Å². The summed E-state index contributed by atoms with van der Waals surface area (Å²) in [7, 11) is 0. The average molecular weight is 250 g/mol. The van der Waals surface area contributed by atoms with Gasteiger partial charge in [-0.15, -0.1) is 0 Å². The van der Waals surface area contributed by atoms with Gasteiger partial charge < -0.3 is 20.4 Å². The Balaban J connectivity index is 2.03. The topological polar surface area (TPSA) is 89.9 Å². The van der Waals surface area contributed by atoms with Crippen LogP contribution in [0.1, 0.15) is 16.8 Å². The lowest BCUT2D eigenvalue weighted by Gasteiger charge is -2.16. The minimum Gasteiger partial charge on any atom is -0.478 e. The number of nitrogens with zero attached hydrogens (tertiary/aromatic N) is 1. The number of aromatic carboxylic acids is 1. The van der Waals surface area contributed by atoms with E-state index in [1.165, 1.54) is 17.0 Å². The van der Waals surface area contributed by atoms with Crippen LogP contribution in [0.5, 0.6) is 0 Å². The van der Waals surface area contributed by atoms with Crippen molar-refractivity contribution in [1.29, 1.82) is 0 Å². The zero-order valence-corrected chi connectivity index (χ0v) is 9.67. The highest BCUT2D eigenvalue weighted by Gasteiger charge is 2.24. The van der Waals surface area contributed by atoms with Crippen molar-refractivity contribution in [3.05, 3.63) is 29.8 Å². The molecule has 1 unspecified atom stereocenters. The van der Waals surface area contributed by atoms with Crippen LogP contribution in [0.15, 0.2) is 24.3 Å². The van der Waals surface area contributed by atoms with Crippen molar-refractivity contribution in [2.24, 2.45) is 0 Å². The number of hydrogen-bond donors (Lipinski definition) is 3. The summed E-state index contributed by atoms with van der Waals surface area (Å²) < 4.78 is 0. The van der Waals surface area contributed by atoms with E-state index in [9.17, 15) is 14.7 Å². The molecule has 0 radical (unpaired) electrons. The van der Waals surface area contributed by atoms with Crippen molar-refractivity contribution in [1.82, 2.24) is 4.90 Å². The maximum absolute atomic E-state index is 11.8. The van der Waals surface area contributed by atoms with Gasteiger partial charge in [0.15, 0.2) is 0 Å². The van der Waals surface area contributed by atoms with Gasteiger partial charge in [0.2, 0.25) is 0 Å².